The fraction of sp³-hybridized carbons (Fsp3) is 0.429. The molecule has 1 aromatic heterocycles. The molecule has 84 valence electrons. The maximum Gasteiger partial charge on any atom is 0.0374 e. The Balaban J connectivity index is 2.06. The molecule has 1 nitrogen and oxygen atoms in total. The van der Waals surface area contributed by atoms with E-state index in [1.165, 1.54) is 41.6 Å². The van der Waals surface area contributed by atoms with E-state index < -0.39 is 0 Å². The van der Waals surface area contributed by atoms with Crippen LogP contribution in [-0.4, -0.2) is 13.1 Å². The van der Waals surface area contributed by atoms with Crippen LogP contribution in [0.3, 0.4) is 0 Å². The second-order valence-corrected chi connectivity index (χ2v) is 5.55. The number of fused-ring (bicyclic) bond motifs is 1. The van der Waals surface area contributed by atoms with Crippen LogP contribution in [0.2, 0.25) is 0 Å². The highest BCUT2D eigenvalue weighted by atomic mass is 32.1. The Morgan fingerprint density at radius 2 is 2.06 bits per heavy atom. The summed E-state index contributed by atoms with van der Waals surface area (Å²) >= 11 is 1.91. The van der Waals surface area contributed by atoms with Gasteiger partial charge < -0.3 is 5.32 Å². The Kier molecular flexibility index (Phi) is 2.70. The molecule has 16 heavy (non-hydrogen) atoms. The number of nitrogens with one attached hydrogen (secondary N) is 1. The molecule has 0 unspecified atom stereocenters. The van der Waals surface area contributed by atoms with Gasteiger partial charge in [-0.3, -0.25) is 0 Å². The van der Waals surface area contributed by atoms with E-state index in [9.17, 15) is 0 Å². The number of hydrogen-bond donors (Lipinski definition) is 1. The van der Waals surface area contributed by atoms with Crippen molar-refractivity contribution in [2.45, 2.75) is 25.7 Å². The van der Waals surface area contributed by atoms with Gasteiger partial charge in [0, 0.05) is 4.70 Å². The van der Waals surface area contributed by atoms with Crippen molar-refractivity contribution in [2.24, 2.45) is 0 Å². The molecule has 2 aromatic rings. The lowest BCUT2D eigenvalue weighted by Crippen LogP contribution is -2.26. The molecule has 0 saturated carbocycles. The summed E-state index contributed by atoms with van der Waals surface area (Å²) in [4.78, 5) is 0. The summed E-state index contributed by atoms with van der Waals surface area (Å²) in [6.07, 6.45) is 2.58. The summed E-state index contributed by atoms with van der Waals surface area (Å²) in [5, 5.41) is 7.32. The van der Waals surface area contributed by atoms with Crippen molar-refractivity contribution in [3.05, 3.63) is 34.7 Å². The van der Waals surface area contributed by atoms with Crippen LogP contribution in [0.25, 0.3) is 10.1 Å². The first kappa shape index (κ1) is 10.3. The molecule has 0 spiro atoms. The van der Waals surface area contributed by atoms with Crippen LogP contribution in [0.1, 0.15) is 29.9 Å². The van der Waals surface area contributed by atoms with E-state index in [1.54, 1.807) is 5.56 Å². The van der Waals surface area contributed by atoms with Crippen LogP contribution < -0.4 is 5.32 Å². The Labute approximate surface area is 100 Å². The van der Waals surface area contributed by atoms with Crippen LogP contribution >= 0.6 is 11.3 Å². The first-order chi connectivity index (χ1) is 7.86. The fourth-order valence-corrected chi connectivity index (χ4v) is 3.80. The lowest BCUT2D eigenvalue weighted by molar-refractivity contribution is 0.463. The number of rotatable bonds is 1. The molecule has 0 atom stereocenters. The van der Waals surface area contributed by atoms with E-state index in [-0.39, 0.29) is 0 Å². The van der Waals surface area contributed by atoms with Gasteiger partial charge in [0.15, 0.2) is 0 Å². The zero-order valence-corrected chi connectivity index (χ0v) is 10.4. The molecule has 1 saturated heterocycles. The molecular weight excluding hydrogens is 214 g/mol. The lowest BCUT2D eigenvalue weighted by atomic mass is 9.90. The smallest absolute Gasteiger partial charge is 0.0374 e. The van der Waals surface area contributed by atoms with Gasteiger partial charge in [0.05, 0.1) is 0 Å². The molecule has 3 rings (SSSR count). The maximum absolute atomic E-state index is 3.44. The zero-order chi connectivity index (χ0) is 11.0. The Morgan fingerprint density at radius 3 is 2.88 bits per heavy atom. The molecule has 0 bridgehead atoms. The predicted molar refractivity (Wildman–Crippen MR) is 71.4 cm³/mol. The quantitative estimate of drug-likeness (QED) is 0.789. The minimum absolute atomic E-state index is 0.775. The number of hydrogen-bond acceptors (Lipinski definition) is 2. The monoisotopic (exact) mass is 231 g/mol. The molecule has 0 amide bonds. The Bertz CT molecular complexity index is 494. The number of benzene rings is 1. The third-order valence-electron chi connectivity index (χ3n) is 3.61. The van der Waals surface area contributed by atoms with Crippen molar-refractivity contribution < 1.29 is 0 Å². The van der Waals surface area contributed by atoms with Gasteiger partial charge in [0.1, 0.15) is 0 Å². The molecule has 1 N–H and O–H groups in total. The van der Waals surface area contributed by atoms with Crippen molar-refractivity contribution >= 4 is 21.4 Å². The van der Waals surface area contributed by atoms with Crippen LogP contribution in [0.4, 0.5) is 0 Å². The first-order valence-electron chi connectivity index (χ1n) is 6.03. The highest BCUT2D eigenvalue weighted by molar-refractivity contribution is 7.17. The van der Waals surface area contributed by atoms with Gasteiger partial charge in [-0.25, -0.2) is 0 Å². The van der Waals surface area contributed by atoms with Gasteiger partial charge in [-0.1, -0.05) is 18.2 Å². The summed E-state index contributed by atoms with van der Waals surface area (Å²) in [6, 6.07) is 6.69. The Hall–Kier alpha value is -0.860. The van der Waals surface area contributed by atoms with Gasteiger partial charge in [0.25, 0.3) is 0 Å². The average Bonchev–Trinajstić information content (AvgIpc) is 2.75. The van der Waals surface area contributed by atoms with Crippen LogP contribution in [0.5, 0.6) is 0 Å². The molecule has 1 aliphatic rings. The third kappa shape index (κ3) is 1.66. The second-order valence-electron chi connectivity index (χ2n) is 4.67. The summed E-state index contributed by atoms with van der Waals surface area (Å²) in [6.45, 7) is 4.56. The van der Waals surface area contributed by atoms with Crippen molar-refractivity contribution in [1.82, 2.24) is 5.32 Å². The van der Waals surface area contributed by atoms with Crippen molar-refractivity contribution in [3.8, 4) is 0 Å². The normalized spacial score (nSPS) is 18.1. The van der Waals surface area contributed by atoms with Gasteiger partial charge in [-0.05, 0) is 60.7 Å². The molecule has 2 heteroatoms. The first-order valence-corrected chi connectivity index (χ1v) is 6.91. The molecule has 2 heterocycles. The topological polar surface area (TPSA) is 12.0 Å². The SMILES string of the molecule is Cc1cccc2c(C3CCNCC3)csc12. The van der Waals surface area contributed by atoms with Gasteiger partial charge in [0.2, 0.25) is 0 Å². The summed E-state index contributed by atoms with van der Waals surface area (Å²) in [7, 11) is 0. The summed E-state index contributed by atoms with van der Waals surface area (Å²) in [5.41, 5.74) is 3.01. The minimum atomic E-state index is 0.775. The van der Waals surface area contributed by atoms with E-state index in [4.69, 9.17) is 0 Å². The fourth-order valence-electron chi connectivity index (χ4n) is 2.67. The van der Waals surface area contributed by atoms with Crippen molar-refractivity contribution in [2.75, 3.05) is 13.1 Å². The second kappa shape index (κ2) is 4.19. The minimum Gasteiger partial charge on any atom is -0.317 e. The van der Waals surface area contributed by atoms with Crippen LogP contribution in [0, 0.1) is 6.92 Å². The van der Waals surface area contributed by atoms with Crippen molar-refractivity contribution in [1.29, 1.82) is 0 Å². The molecule has 1 fully saturated rings. The number of aryl methyl sites for hydroxylation is 1. The highest BCUT2D eigenvalue weighted by Gasteiger charge is 2.18. The molecule has 0 aliphatic carbocycles. The van der Waals surface area contributed by atoms with E-state index in [0.717, 1.165) is 5.92 Å². The highest BCUT2D eigenvalue weighted by Crippen LogP contribution is 2.36. The molecule has 0 radical (unpaired) electrons. The van der Waals surface area contributed by atoms with Gasteiger partial charge in [-0.2, -0.15) is 0 Å². The number of piperidine rings is 1. The maximum atomic E-state index is 3.44. The lowest BCUT2D eigenvalue weighted by Gasteiger charge is -2.22. The number of thiophene rings is 1. The van der Waals surface area contributed by atoms with Gasteiger partial charge in [-0.15, -0.1) is 11.3 Å². The van der Waals surface area contributed by atoms with Crippen LogP contribution in [-0.2, 0) is 0 Å². The van der Waals surface area contributed by atoms with E-state index in [1.807, 2.05) is 11.3 Å². The van der Waals surface area contributed by atoms with Crippen molar-refractivity contribution in [3.63, 3.8) is 0 Å². The zero-order valence-electron chi connectivity index (χ0n) is 9.62. The largest absolute Gasteiger partial charge is 0.317 e. The summed E-state index contributed by atoms with van der Waals surface area (Å²) < 4.78 is 1.48. The standard InChI is InChI=1S/C14H17NS/c1-10-3-2-4-12-13(9-16-14(10)12)11-5-7-15-8-6-11/h2-4,9,11,15H,5-8H2,1H3. The Morgan fingerprint density at radius 1 is 1.25 bits per heavy atom. The van der Waals surface area contributed by atoms with E-state index in [0.29, 0.717) is 0 Å². The third-order valence-corrected chi connectivity index (χ3v) is 4.76. The van der Waals surface area contributed by atoms with Gasteiger partial charge >= 0.3 is 0 Å². The summed E-state index contributed by atoms with van der Waals surface area (Å²) in [5.74, 6) is 0.775. The van der Waals surface area contributed by atoms with Crippen LogP contribution in [0.15, 0.2) is 23.6 Å². The molecular formula is C14H17NS. The average molecular weight is 231 g/mol. The van der Waals surface area contributed by atoms with E-state index >= 15 is 0 Å². The molecule has 1 aliphatic heterocycles. The molecule has 1 aromatic carbocycles. The predicted octanol–water partition coefficient (Wildman–Crippen LogP) is 3.68. The van der Waals surface area contributed by atoms with E-state index in [2.05, 4.69) is 35.8 Å².